The van der Waals surface area contributed by atoms with Crippen molar-refractivity contribution in [3.05, 3.63) is 29.2 Å². The van der Waals surface area contributed by atoms with Crippen molar-refractivity contribution >= 4 is 5.96 Å². The van der Waals surface area contributed by atoms with Crippen LogP contribution in [0.15, 0.2) is 15.6 Å². The highest BCUT2D eigenvalue weighted by atomic mass is 16.5. The summed E-state index contributed by atoms with van der Waals surface area (Å²) in [6.07, 6.45) is 3.00. The fourth-order valence-corrected chi connectivity index (χ4v) is 2.82. The molecule has 0 bridgehead atoms. The van der Waals surface area contributed by atoms with Crippen LogP contribution in [-0.2, 0) is 24.9 Å². The normalized spacial score (nSPS) is 12.0. The van der Waals surface area contributed by atoms with E-state index in [1.54, 1.807) is 7.11 Å². The van der Waals surface area contributed by atoms with E-state index in [9.17, 15) is 0 Å². The predicted octanol–water partition coefficient (Wildman–Crippen LogP) is 2.29. The van der Waals surface area contributed by atoms with Crippen LogP contribution >= 0.6 is 0 Å². The van der Waals surface area contributed by atoms with Crippen LogP contribution < -0.4 is 10.6 Å². The van der Waals surface area contributed by atoms with E-state index < -0.39 is 0 Å². The van der Waals surface area contributed by atoms with Gasteiger partial charge >= 0.3 is 0 Å². The number of aliphatic imine (C=N–C) groups is 1. The molecular weight excluding hydrogens is 358 g/mol. The van der Waals surface area contributed by atoms with Crippen molar-refractivity contribution in [2.24, 2.45) is 12.0 Å². The molecule has 2 rings (SSSR count). The van der Waals surface area contributed by atoms with Crippen LogP contribution in [-0.4, -0.2) is 46.1 Å². The van der Waals surface area contributed by atoms with E-state index in [2.05, 4.69) is 44.8 Å². The molecule has 2 heterocycles. The van der Waals surface area contributed by atoms with Gasteiger partial charge in [0.2, 0.25) is 0 Å². The number of ether oxygens (including phenoxy) is 1. The third-order valence-corrected chi connectivity index (χ3v) is 4.79. The minimum absolute atomic E-state index is 0.437. The van der Waals surface area contributed by atoms with Crippen LogP contribution in [0.3, 0.4) is 0 Å². The van der Waals surface area contributed by atoms with Gasteiger partial charge in [0, 0.05) is 39.3 Å². The summed E-state index contributed by atoms with van der Waals surface area (Å²) in [4.78, 5) is 4.62. The van der Waals surface area contributed by atoms with E-state index in [1.165, 1.54) is 0 Å². The second kappa shape index (κ2) is 11.4. The molecule has 0 aliphatic carbocycles. The summed E-state index contributed by atoms with van der Waals surface area (Å²) in [6.45, 7) is 8.67. The SMILES string of the molecule is CCC(CC)c1cc(CNC(=NCc2nnc(C)n2C)NCCCOC)on1. The van der Waals surface area contributed by atoms with Crippen LogP contribution in [0.25, 0.3) is 0 Å². The summed E-state index contributed by atoms with van der Waals surface area (Å²) < 4.78 is 12.5. The van der Waals surface area contributed by atoms with Gasteiger partial charge in [0.25, 0.3) is 0 Å². The number of hydrogen-bond acceptors (Lipinski definition) is 6. The third-order valence-electron chi connectivity index (χ3n) is 4.79. The molecule has 0 aliphatic rings. The maximum absolute atomic E-state index is 5.49. The van der Waals surface area contributed by atoms with Crippen LogP contribution in [0.4, 0.5) is 0 Å². The summed E-state index contributed by atoms with van der Waals surface area (Å²) >= 11 is 0. The van der Waals surface area contributed by atoms with Gasteiger partial charge < -0.3 is 24.5 Å². The lowest BCUT2D eigenvalue weighted by Crippen LogP contribution is -2.37. The summed E-state index contributed by atoms with van der Waals surface area (Å²) in [6, 6.07) is 2.03. The summed E-state index contributed by atoms with van der Waals surface area (Å²) in [5, 5.41) is 19.1. The second-order valence-electron chi connectivity index (χ2n) is 6.75. The second-order valence-corrected chi connectivity index (χ2v) is 6.75. The first-order valence-corrected chi connectivity index (χ1v) is 9.90. The van der Waals surface area contributed by atoms with E-state index >= 15 is 0 Å². The van der Waals surface area contributed by atoms with Gasteiger partial charge in [0.1, 0.15) is 12.4 Å². The molecule has 0 spiro atoms. The monoisotopic (exact) mass is 391 g/mol. The first kappa shape index (κ1) is 21.9. The van der Waals surface area contributed by atoms with Crippen molar-refractivity contribution in [3.63, 3.8) is 0 Å². The number of hydrogen-bond donors (Lipinski definition) is 2. The van der Waals surface area contributed by atoms with Crippen LogP contribution in [0.2, 0.25) is 0 Å². The molecule has 2 aromatic rings. The molecule has 0 saturated carbocycles. The zero-order chi connectivity index (χ0) is 20.4. The molecule has 9 heteroatoms. The quantitative estimate of drug-likeness (QED) is 0.344. The maximum Gasteiger partial charge on any atom is 0.192 e. The highest BCUT2D eigenvalue weighted by Crippen LogP contribution is 2.22. The Labute approximate surface area is 166 Å². The third kappa shape index (κ3) is 6.33. The van der Waals surface area contributed by atoms with E-state index in [1.807, 2.05) is 24.6 Å². The van der Waals surface area contributed by atoms with Crippen LogP contribution in [0.5, 0.6) is 0 Å². The molecule has 0 amide bonds. The van der Waals surface area contributed by atoms with Crippen molar-refractivity contribution < 1.29 is 9.26 Å². The van der Waals surface area contributed by atoms with Crippen LogP contribution in [0.1, 0.15) is 62.1 Å². The van der Waals surface area contributed by atoms with Gasteiger partial charge in [-0.15, -0.1) is 10.2 Å². The van der Waals surface area contributed by atoms with Gasteiger partial charge in [0.15, 0.2) is 17.5 Å². The van der Waals surface area contributed by atoms with Crippen molar-refractivity contribution in [2.75, 3.05) is 20.3 Å². The molecule has 0 fully saturated rings. The Kier molecular flexibility index (Phi) is 8.93. The average Bonchev–Trinajstić information content (AvgIpc) is 3.29. The highest BCUT2D eigenvalue weighted by molar-refractivity contribution is 5.79. The first-order valence-electron chi connectivity index (χ1n) is 9.90. The van der Waals surface area contributed by atoms with Gasteiger partial charge in [0.05, 0.1) is 12.2 Å². The molecule has 0 radical (unpaired) electrons. The fraction of sp³-hybridized carbons (Fsp3) is 0.684. The molecule has 156 valence electrons. The van der Waals surface area contributed by atoms with Gasteiger partial charge in [-0.1, -0.05) is 19.0 Å². The van der Waals surface area contributed by atoms with E-state index in [0.717, 1.165) is 48.9 Å². The van der Waals surface area contributed by atoms with Gasteiger partial charge in [-0.3, -0.25) is 0 Å². The van der Waals surface area contributed by atoms with E-state index in [4.69, 9.17) is 9.26 Å². The highest BCUT2D eigenvalue weighted by Gasteiger charge is 2.13. The van der Waals surface area contributed by atoms with Crippen molar-refractivity contribution in [3.8, 4) is 0 Å². The number of rotatable bonds is 11. The first-order chi connectivity index (χ1) is 13.6. The smallest absolute Gasteiger partial charge is 0.192 e. The number of nitrogens with one attached hydrogen (secondary N) is 2. The van der Waals surface area contributed by atoms with E-state index in [-0.39, 0.29) is 0 Å². The number of aryl methyl sites for hydroxylation is 1. The minimum atomic E-state index is 0.437. The zero-order valence-corrected chi connectivity index (χ0v) is 17.7. The molecule has 28 heavy (non-hydrogen) atoms. The topological polar surface area (TPSA) is 102 Å². The number of guanidine groups is 1. The number of nitrogens with zero attached hydrogens (tertiary/aromatic N) is 5. The Bertz CT molecular complexity index is 734. The molecular formula is C19H33N7O2. The number of methoxy groups -OCH3 is 1. The lowest BCUT2D eigenvalue weighted by atomic mass is 9.99. The fourth-order valence-electron chi connectivity index (χ4n) is 2.82. The predicted molar refractivity (Wildman–Crippen MR) is 108 cm³/mol. The standard InChI is InChI=1S/C19H33N7O2/c1-6-15(7-2)17-11-16(28-25-17)12-21-19(20-9-8-10-27-5)22-13-18-24-23-14(3)26(18)4/h11,15H,6-10,12-13H2,1-5H3,(H2,20,21,22). The number of aromatic nitrogens is 4. The van der Waals surface area contributed by atoms with Gasteiger partial charge in [-0.2, -0.15) is 0 Å². The minimum Gasteiger partial charge on any atom is -0.385 e. The molecule has 9 nitrogen and oxygen atoms in total. The van der Waals surface area contributed by atoms with Crippen LogP contribution in [0, 0.1) is 6.92 Å². The molecule has 0 unspecified atom stereocenters. The Hall–Kier alpha value is -2.42. The van der Waals surface area contributed by atoms with Crippen molar-refractivity contribution in [1.82, 2.24) is 30.6 Å². The molecule has 0 aromatic carbocycles. The Morgan fingerprint density at radius 3 is 2.71 bits per heavy atom. The molecule has 2 aromatic heterocycles. The lowest BCUT2D eigenvalue weighted by molar-refractivity contribution is 0.195. The molecule has 2 N–H and O–H groups in total. The Balaban J connectivity index is 1.98. The van der Waals surface area contributed by atoms with Crippen molar-refractivity contribution in [2.45, 2.75) is 59.0 Å². The molecule has 0 aliphatic heterocycles. The van der Waals surface area contributed by atoms with E-state index in [0.29, 0.717) is 31.6 Å². The maximum atomic E-state index is 5.49. The van der Waals surface area contributed by atoms with Crippen molar-refractivity contribution in [1.29, 1.82) is 0 Å². The Morgan fingerprint density at radius 2 is 2.07 bits per heavy atom. The van der Waals surface area contributed by atoms with Gasteiger partial charge in [-0.05, 0) is 26.2 Å². The molecule has 0 atom stereocenters. The summed E-state index contributed by atoms with van der Waals surface area (Å²) in [7, 11) is 3.64. The summed E-state index contributed by atoms with van der Waals surface area (Å²) in [5.41, 5.74) is 1.02. The zero-order valence-electron chi connectivity index (χ0n) is 17.7. The molecule has 0 saturated heterocycles. The largest absolute Gasteiger partial charge is 0.385 e. The summed E-state index contributed by atoms with van der Waals surface area (Å²) in [5.74, 6) is 3.60. The lowest BCUT2D eigenvalue weighted by Gasteiger charge is -2.11. The Morgan fingerprint density at radius 1 is 1.29 bits per heavy atom. The average molecular weight is 392 g/mol. The van der Waals surface area contributed by atoms with Gasteiger partial charge in [-0.25, -0.2) is 4.99 Å².